The van der Waals surface area contributed by atoms with Gasteiger partial charge in [0.15, 0.2) is 0 Å². The van der Waals surface area contributed by atoms with Crippen LogP contribution in [0.3, 0.4) is 0 Å². The summed E-state index contributed by atoms with van der Waals surface area (Å²) in [6.45, 7) is 9.49. The zero-order chi connectivity index (χ0) is 24.5. The molecular formula is C25H31N5O3S. The maximum absolute atomic E-state index is 13.4. The minimum absolute atomic E-state index is 0.335. The highest BCUT2D eigenvalue weighted by molar-refractivity contribution is 7.89. The van der Waals surface area contributed by atoms with Crippen molar-refractivity contribution in [3.05, 3.63) is 65.0 Å². The Hall–Kier alpha value is -3.17. The molecule has 2 aromatic carbocycles. The number of hydrogen-bond donors (Lipinski definition) is 1. The maximum atomic E-state index is 13.4. The van der Waals surface area contributed by atoms with Crippen molar-refractivity contribution in [3.63, 3.8) is 0 Å². The average molecular weight is 482 g/mol. The fourth-order valence-electron chi connectivity index (χ4n) is 4.13. The number of rotatable bonds is 6. The molecule has 1 saturated heterocycles. The van der Waals surface area contributed by atoms with Gasteiger partial charge in [-0.15, -0.1) is 0 Å². The molecule has 0 saturated carbocycles. The Morgan fingerprint density at radius 3 is 2.21 bits per heavy atom. The number of piperazine rings is 1. The zero-order valence-corrected chi connectivity index (χ0v) is 21.1. The van der Waals surface area contributed by atoms with Gasteiger partial charge in [-0.1, -0.05) is 17.7 Å². The lowest BCUT2D eigenvalue weighted by molar-refractivity contribution is 0.383. The van der Waals surface area contributed by atoms with Crippen molar-refractivity contribution in [1.29, 1.82) is 0 Å². The van der Waals surface area contributed by atoms with Crippen LogP contribution in [0.4, 0.5) is 17.3 Å². The Kier molecular flexibility index (Phi) is 6.77. The number of nitrogens with zero attached hydrogens (tertiary/aromatic N) is 4. The predicted molar refractivity (Wildman–Crippen MR) is 135 cm³/mol. The molecule has 34 heavy (non-hydrogen) atoms. The fraction of sp³-hybridized carbons (Fsp3) is 0.360. The van der Waals surface area contributed by atoms with Crippen molar-refractivity contribution in [2.45, 2.75) is 32.6 Å². The Balaban J connectivity index is 1.49. The number of anilines is 3. The monoisotopic (exact) mass is 481 g/mol. The molecule has 4 rings (SSSR count). The number of nitrogens with one attached hydrogen (secondary N) is 1. The summed E-state index contributed by atoms with van der Waals surface area (Å²) < 4.78 is 33.6. The Morgan fingerprint density at radius 1 is 0.882 bits per heavy atom. The van der Waals surface area contributed by atoms with Gasteiger partial charge in [0.25, 0.3) is 0 Å². The number of methoxy groups -OCH3 is 1. The summed E-state index contributed by atoms with van der Waals surface area (Å²) in [5, 5.41) is 3.33. The minimum atomic E-state index is -3.60. The first-order valence-corrected chi connectivity index (χ1v) is 12.7. The Bertz CT molecular complexity index is 1280. The molecular weight excluding hydrogens is 450 g/mol. The van der Waals surface area contributed by atoms with Gasteiger partial charge in [0.1, 0.15) is 23.2 Å². The summed E-state index contributed by atoms with van der Waals surface area (Å²) in [5.74, 6) is 2.85. The molecule has 8 nitrogen and oxygen atoms in total. The molecule has 0 radical (unpaired) electrons. The van der Waals surface area contributed by atoms with Crippen molar-refractivity contribution in [2.24, 2.45) is 0 Å². The lowest BCUT2D eigenvalue weighted by Gasteiger charge is -2.35. The van der Waals surface area contributed by atoms with Crippen LogP contribution in [0.15, 0.2) is 47.4 Å². The largest absolute Gasteiger partial charge is 0.496 e. The van der Waals surface area contributed by atoms with Crippen molar-refractivity contribution >= 4 is 27.3 Å². The fourth-order valence-corrected chi connectivity index (χ4v) is 5.83. The SMILES string of the molecule is COc1ccc(S(=O)(=O)N2CCN(c3cc(Nc4ccc(C)cc4)nc(C)n3)CC2)c(C)c1C. The Labute approximate surface area is 201 Å². The van der Waals surface area contributed by atoms with Crippen LogP contribution >= 0.6 is 0 Å². The summed E-state index contributed by atoms with van der Waals surface area (Å²) >= 11 is 0. The second-order valence-electron chi connectivity index (χ2n) is 8.56. The van der Waals surface area contributed by atoms with Crippen LogP contribution in [-0.2, 0) is 10.0 Å². The molecule has 0 aliphatic carbocycles. The van der Waals surface area contributed by atoms with Gasteiger partial charge < -0.3 is 15.0 Å². The van der Waals surface area contributed by atoms with Gasteiger partial charge in [0.2, 0.25) is 10.0 Å². The van der Waals surface area contributed by atoms with Gasteiger partial charge in [-0.05, 0) is 63.1 Å². The van der Waals surface area contributed by atoms with Crippen molar-refractivity contribution in [1.82, 2.24) is 14.3 Å². The van der Waals surface area contributed by atoms with Crippen LogP contribution in [0.1, 0.15) is 22.5 Å². The number of aromatic nitrogens is 2. The molecule has 2 heterocycles. The van der Waals surface area contributed by atoms with E-state index >= 15 is 0 Å². The lowest BCUT2D eigenvalue weighted by atomic mass is 10.1. The first-order valence-electron chi connectivity index (χ1n) is 11.3. The topological polar surface area (TPSA) is 87.7 Å². The molecule has 0 unspecified atom stereocenters. The van der Waals surface area contributed by atoms with Gasteiger partial charge in [-0.3, -0.25) is 0 Å². The van der Waals surface area contributed by atoms with Gasteiger partial charge >= 0.3 is 0 Å². The number of sulfonamides is 1. The highest BCUT2D eigenvalue weighted by Crippen LogP contribution is 2.30. The first-order chi connectivity index (χ1) is 16.2. The normalized spacial score (nSPS) is 14.8. The molecule has 1 aliphatic heterocycles. The van der Waals surface area contributed by atoms with Crippen molar-refractivity contribution < 1.29 is 13.2 Å². The summed E-state index contributed by atoms with van der Waals surface area (Å²) in [6, 6.07) is 13.4. The molecule has 3 aromatic rings. The van der Waals surface area contributed by atoms with Gasteiger partial charge in [0, 0.05) is 37.9 Å². The van der Waals surface area contributed by atoms with Crippen molar-refractivity contribution in [2.75, 3.05) is 43.5 Å². The molecule has 0 bridgehead atoms. The summed E-state index contributed by atoms with van der Waals surface area (Å²) in [6.07, 6.45) is 0. The molecule has 1 fully saturated rings. The van der Waals surface area contributed by atoms with Crippen LogP contribution in [0.2, 0.25) is 0 Å². The third kappa shape index (κ3) is 4.85. The first kappa shape index (κ1) is 24.0. The summed E-state index contributed by atoms with van der Waals surface area (Å²) in [5.41, 5.74) is 3.71. The van der Waals surface area contributed by atoms with E-state index in [0.717, 1.165) is 22.6 Å². The third-order valence-corrected chi connectivity index (χ3v) is 8.28. The standard InChI is InChI=1S/C25H31N5O3S/c1-17-6-8-21(9-7-17)28-24-16-25(27-20(4)26-24)29-12-14-30(15-13-29)34(31,32)23-11-10-22(33-5)18(2)19(23)3/h6-11,16H,12-15H2,1-5H3,(H,26,27,28). The number of ether oxygens (including phenoxy) is 1. The quantitative estimate of drug-likeness (QED) is 0.570. The smallest absolute Gasteiger partial charge is 0.243 e. The number of aryl methyl sites for hydroxylation is 2. The second kappa shape index (κ2) is 9.60. The predicted octanol–water partition coefficient (Wildman–Crippen LogP) is 3.97. The molecule has 0 atom stereocenters. The van der Waals surface area contributed by atoms with E-state index in [2.05, 4.69) is 20.2 Å². The number of hydrogen-bond acceptors (Lipinski definition) is 7. The third-order valence-electron chi connectivity index (χ3n) is 6.24. The van der Waals surface area contributed by atoms with E-state index < -0.39 is 10.0 Å². The van der Waals surface area contributed by atoms with Gasteiger partial charge in [0.05, 0.1) is 12.0 Å². The molecule has 0 amide bonds. The van der Waals surface area contributed by atoms with Crippen molar-refractivity contribution in [3.8, 4) is 5.75 Å². The Morgan fingerprint density at radius 2 is 1.56 bits per heavy atom. The minimum Gasteiger partial charge on any atom is -0.496 e. The van der Waals surface area contributed by atoms with Crippen LogP contribution in [0.5, 0.6) is 5.75 Å². The van der Waals surface area contributed by atoms with E-state index in [-0.39, 0.29) is 0 Å². The zero-order valence-electron chi connectivity index (χ0n) is 20.3. The van der Waals surface area contributed by atoms with Crippen LogP contribution in [0.25, 0.3) is 0 Å². The lowest BCUT2D eigenvalue weighted by Crippen LogP contribution is -2.49. The van der Waals surface area contributed by atoms with Crippen LogP contribution < -0.4 is 15.0 Å². The molecule has 180 valence electrons. The molecule has 1 aliphatic rings. The summed E-state index contributed by atoms with van der Waals surface area (Å²) in [4.78, 5) is 11.5. The highest BCUT2D eigenvalue weighted by Gasteiger charge is 2.31. The number of benzene rings is 2. The van der Waals surface area contributed by atoms with E-state index in [9.17, 15) is 8.42 Å². The van der Waals surface area contributed by atoms with Gasteiger partial charge in [-0.2, -0.15) is 4.31 Å². The van der Waals surface area contributed by atoms with E-state index in [1.807, 2.05) is 58.0 Å². The van der Waals surface area contributed by atoms with E-state index in [1.54, 1.807) is 23.5 Å². The maximum Gasteiger partial charge on any atom is 0.243 e. The van der Waals surface area contributed by atoms with E-state index in [4.69, 9.17) is 4.74 Å². The highest BCUT2D eigenvalue weighted by atomic mass is 32.2. The molecule has 9 heteroatoms. The van der Waals surface area contributed by atoms with E-state index in [1.165, 1.54) is 5.56 Å². The second-order valence-corrected chi connectivity index (χ2v) is 10.5. The average Bonchev–Trinajstić information content (AvgIpc) is 2.82. The molecule has 1 N–H and O–H groups in total. The van der Waals surface area contributed by atoms with E-state index in [0.29, 0.717) is 48.5 Å². The van der Waals surface area contributed by atoms with Crippen LogP contribution in [-0.4, -0.2) is 56.0 Å². The van der Waals surface area contributed by atoms with Crippen LogP contribution in [0, 0.1) is 27.7 Å². The summed E-state index contributed by atoms with van der Waals surface area (Å²) in [7, 11) is -2.01. The molecule has 1 aromatic heterocycles. The molecule has 0 spiro atoms. The van der Waals surface area contributed by atoms with Gasteiger partial charge in [-0.25, -0.2) is 18.4 Å².